The largest absolute Gasteiger partial charge is 0.561 e. The molecule has 1 aliphatic heterocycles. The first-order chi connectivity index (χ1) is 7.07. The summed E-state index contributed by atoms with van der Waals surface area (Å²) in [5.74, 6) is 2.12. The lowest BCUT2D eigenvalue weighted by Crippen LogP contribution is -2.30. The monoisotopic (exact) mass is 211 g/mol. The average Bonchev–Trinajstić information content (AvgIpc) is 2.41. The van der Waals surface area contributed by atoms with E-state index in [9.17, 15) is 0 Å². The predicted molar refractivity (Wildman–Crippen MR) is 66.0 cm³/mol. The highest BCUT2D eigenvalue weighted by Crippen LogP contribution is 2.25. The van der Waals surface area contributed by atoms with Crippen LogP contribution in [0.2, 0.25) is 6.82 Å². The second kappa shape index (κ2) is 5.71. The average molecular weight is 211 g/mol. The van der Waals surface area contributed by atoms with Crippen molar-refractivity contribution in [2.24, 2.45) is 0 Å². The molecule has 0 N–H and O–H groups in total. The summed E-state index contributed by atoms with van der Waals surface area (Å²) < 4.78 is 11.6. The fraction of sp³-hybridized carbons (Fsp3) is 0.833. The number of unbranched alkanes of at least 4 members (excludes halogenated alkanes) is 3. The van der Waals surface area contributed by atoms with Crippen LogP contribution in [0.25, 0.3) is 0 Å². The van der Waals surface area contributed by atoms with Crippen LogP contribution in [0.3, 0.4) is 0 Å². The first-order valence-electron chi connectivity index (χ1n) is 6.29. The van der Waals surface area contributed by atoms with Crippen LogP contribution in [0.5, 0.6) is 0 Å². The van der Waals surface area contributed by atoms with Crippen molar-refractivity contribution in [2.75, 3.05) is 0 Å². The Labute approximate surface area is 94.0 Å². The minimum atomic E-state index is -1.15. The van der Waals surface area contributed by atoms with Gasteiger partial charge in [0.05, 0.1) is 0 Å². The summed E-state index contributed by atoms with van der Waals surface area (Å²) in [5.41, 5.74) is 0. The summed E-state index contributed by atoms with van der Waals surface area (Å²) in [6.45, 7) is 7.27. The third-order valence-corrected chi connectivity index (χ3v) is 3.09. The molecular weight excluding hydrogens is 187 g/mol. The van der Waals surface area contributed by atoms with Crippen molar-refractivity contribution in [1.29, 1.82) is 0 Å². The Bertz CT molecular complexity index is 206. The molecule has 0 spiro atoms. The lowest BCUT2D eigenvalue weighted by atomic mass is 9.60. The Morgan fingerprint density at radius 3 is 2.27 bits per heavy atom. The first kappa shape index (κ1) is 12.8. The van der Waals surface area contributed by atoms with Crippen molar-refractivity contribution in [3.05, 3.63) is 12.1 Å². The van der Waals surface area contributed by atoms with E-state index < -0.39 is 6.55 Å². The third-order valence-electron chi connectivity index (χ3n) is 3.09. The van der Waals surface area contributed by atoms with Crippen molar-refractivity contribution >= 4 is 6.55 Å². The van der Waals surface area contributed by atoms with Gasteiger partial charge >= 0.3 is 0 Å². The van der Waals surface area contributed by atoms with E-state index in [1.54, 1.807) is 0 Å². The zero-order chi connectivity index (χ0) is 11.3. The molecule has 0 amide bonds. The van der Waals surface area contributed by atoms with E-state index in [-0.39, 0.29) is 12.2 Å². The van der Waals surface area contributed by atoms with Crippen LogP contribution in [-0.4, -0.2) is 18.8 Å². The molecule has 2 unspecified atom stereocenters. The third kappa shape index (κ3) is 4.00. The molecule has 0 saturated carbocycles. The molecule has 1 aliphatic rings. The van der Waals surface area contributed by atoms with Crippen LogP contribution < -0.4 is 0 Å². The maximum absolute atomic E-state index is 5.82. The highest BCUT2D eigenvalue weighted by atomic mass is 16.7. The predicted octanol–water partition coefficient (Wildman–Crippen LogP) is 3.56. The second-order valence-corrected chi connectivity index (χ2v) is 4.78. The highest BCUT2D eigenvalue weighted by Gasteiger charge is 2.31. The summed E-state index contributed by atoms with van der Waals surface area (Å²) in [6.07, 6.45) is 7.64. The maximum Gasteiger partial charge on any atom is 0.259 e. The number of rotatable bonds is 5. The SMILES string of the molecule is CCCCC/C=C\[B-]1(C)OC(C)C(C)O1. The van der Waals surface area contributed by atoms with Gasteiger partial charge in [-0.2, -0.15) is 5.98 Å². The zero-order valence-corrected chi connectivity index (χ0v) is 10.5. The molecule has 0 radical (unpaired) electrons. The van der Waals surface area contributed by atoms with E-state index in [2.05, 4.69) is 39.6 Å². The molecule has 0 bridgehead atoms. The highest BCUT2D eigenvalue weighted by molar-refractivity contribution is 6.71. The minimum Gasteiger partial charge on any atom is -0.561 e. The summed E-state index contributed by atoms with van der Waals surface area (Å²) in [7, 11) is 0. The lowest BCUT2D eigenvalue weighted by molar-refractivity contribution is 0.187. The number of hydrogen-bond acceptors (Lipinski definition) is 2. The normalized spacial score (nSPS) is 36.5. The fourth-order valence-corrected chi connectivity index (χ4v) is 2.05. The molecule has 0 aliphatic carbocycles. The number of hydrogen-bond donors (Lipinski definition) is 0. The van der Waals surface area contributed by atoms with Crippen LogP contribution in [-0.2, 0) is 9.31 Å². The van der Waals surface area contributed by atoms with Crippen molar-refractivity contribution in [2.45, 2.75) is 65.5 Å². The molecule has 88 valence electrons. The maximum atomic E-state index is 5.82. The van der Waals surface area contributed by atoms with Crippen molar-refractivity contribution in [3.63, 3.8) is 0 Å². The Morgan fingerprint density at radius 2 is 1.73 bits per heavy atom. The molecule has 3 heteroatoms. The van der Waals surface area contributed by atoms with Crippen molar-refractivity contribution < 1.29 is 9.31 Å². The van der Waals surface area contributed by atoms with E-state index in [4.69, 9.17) is 9.31 Å². The summed E-state index contributed by atoms with van der Waals surface area (Å²) in [4.78, 5) is 0. The van der Waals surface area contributed by atoms with Gasteiger partial charge in [0.1, 0.15) is 0 Å². The second-order valence-electron chi connectivity index (χ2n) is 4.78. The van der Waals surface area contributed by atoms with E-state index >= 15 is 0 Å². The van der Waals surface area contributed by atoms with Crippen LogP contribution in [0.4, 0.5) is 0 Å². The van der Waals surface area contributed by atoms with Crippen LogP contribution in [0.15, 0.2) is 12.1 Å². The summed E-state index contributed by atoms with van der Waals surface area (Å²) >= 11 is 0. The van der Waals surface area contributed by atoms with Gasteiger partial charge < -0.3 is 9.31 Å². The van der Waals surface area contributed by atoms with Gasteiger partial charge in [0.15, 0.2) is 0 Å². The molecule has 0 aromatic rings. The first-order valence-corrected chi connectivity index (χ1v) is 6.29. The molecule has 2 nitrogen and oxygen atoms in total. The topological polar surface area (TPSA) is 18.5 Å². The molecule has 0 aromatic carbocycles. The Kier molecular flexibility index (Phi) is 4.87. The Balaban J connectivity index is 2.31. The molecule has 1 rings (SSSR count). The van der Waals surface area contributed by atoms with Crippen molar-refractivity contribution in [3.8, 4) is 0 Å². The standard InChI is InChI=1S/C12H24BO2/c1-5-6-7-8-9-10-13(4)14-11(2)12(3)15-13/h9-12H,5-8H2,1-4H3/q-1/b10-9-. The van der Waals surface area contributed by atoms with E-state index in [1.807, 2.05) is 0 Å². The smallest absolute Gasteiger partial charge is 0.259 e. The summed E-state index contributed by atoms with van der Waals surface area (Å²) in [5, 5.41) is 0. The van der Waals surface area contributed by atoms with Crippen LogP contribution in [0, 0.1) is 0 Å². The minimum absolute atomic E-state index is 0.218. The van der Waals surface area contributed by atoms with Gasteiger partial charge in [-0.15, -0.1) is 12.9 Å². The van der Waals surface area contributed by atoms with Gasteiger partial charge in [-0.05, 0) is 26.7 Å². The van der Waals surface area contributed by atoms with Gasteiger partial charge in [-0.1, -0.05) is 19.8 Å². The summed E-state index contributed by atoms with van der Waals surface area (Å²) in [6, 6.07) is 0. The molecule has 1 saturated heterocycles. The molecule has 1 heterocycles. The molecule has 0 aromatic heterocycles. The lowest BCUT2D eigenvalue weighted by Gasteiger charge is -2.26. The molecule has 15 heavy (non-hydrogen) atoms. The quantitative estimate of drug-likeness (QED) is 0.511. The van der Waals surface area contributed by atoms with Gasteiger partial charge in [-0.3, -0.25) is 0 Å². The zero-order valence-electron chi connectivity index (χ0n) is 10.5. The number of allylic oxidation sites excluding steroid dienone is 1. The van der Waals surface area contributed by atoms with Gasteiger partial charge in [-0.25, -0.2) is 0 Å². The fourth-order valence-electron chi connectivity index (χ4n) is 2.05. The van der Waals surface area contributed by atoms with E-state index in [0.717, 1.165) is 6.42 Å². The van der Waals surface area contributed by atoms with Gasteiger partial charge in [0.25, 0.3) is 6.55 Å². The molecular formula is C12H24BO2-. The van der Waals surface area contributed by atoms with E-state index in [1.165, 1.54) is 19.3 Å². The Hall–Kier alpha value is -0.275. The van der Waals surface area contributed by atoms with Crippen molar-refractivity contribution in [1.82, 2.24) is 0 Å². The van der Waals surface area contributed by atoms with Crippen LogP contribution >= 0.6 is 0 Å². The van der Waals surface area contributed by atoms with Gasteiger partial charge in [0.2, 0.25) is 0 Å². The molecule has 1 fully saturated rings. The van der Waals surface area contributed by atoms with E-state index in [0.29, 0.717) is 0 Å². The molecule has 2 atom stereocenters. The van der Waals surface area contributed by atoms with Gasteiger partial charge in [0, 0.05) is 12.2 Å². The van der Waals surface area contributed by atoms with Crippen LogP contribution in [0.1, 0.15) is 46.5 Å². The Morgan fingerprint density at radius 1 is 1.13 bits per heavy atom.